The zero-order valence-corrected chi connectivity index (χ0v) is 24.1. The van der Waals surface area contributed by atoms with Crippen LogP contribution in [0.25, 0.3) is 16.8 Å². The molecule has 2 heterocycles. The molecule has 0 aliphatic carbocycles. The number of carbonyl (C=O) groups is 3. The first-order valence-electron chi connectivity index (χ1n) is 13.1. The number of fused-ring (bicyclic) bond motifs is 2. The third-order valence-corrected chi connectivity index (χ3v) is 8.69. The molecule has 0 unspecified atom stereocenters. The largest absolute Gasteiger partial charge is 0.486 e. The molecule has 6 rings (SSSR count). The predicted octanol–water partition coefficient (Wildman–Crippen LogP) is 7.35. The topological polar surface area (TPSA) is 66.9 Å². The Morgan fingerprint density at radius 3 is 2.44 bits per heavy atom. The molecular weight excluding hydrogens is 579 g/mol. The van der Waals surface area contributed by atoms with Crippen LogP contribution in [0.4, 0.5) is 4.79 Å². The number of hydrogen-bond acceptors (Lipinski definition) is 5. The molecule has 0 N–H and O–H groups in total. The fourth-order valence-electron chi connectivity index (χ4n) is 5.10. The first-order valence-corrected chi connectivity index (χ1v) is 14.6. The minimum absolute atomic E-state index is 0.198. The number of hydrogen-bond donors (Lipinski definition) is 0. The van der Waals surface area contributed by atoms with E-state index in [0.29, 0.717) is 24.4 Å². The van der Waals surface area contributed by atoms with E-state index in [1.165, 1.54) is 5.56 Å². The number of carbonyl (C=O) groups excluding carboxylic acids is 3. The summed E-state index contributed by atoms with van der Waals surface area (Å²) in [7, 11) is 0. The third kappa shape index (κ3) is 5.71. The molecule has 0 radical (unpaired) electrons. The fraction of sp³-hybridized carbons (Fsp3) is 0.156. The van der Waals surface area contributed by atoms with E-state index in [9.17, 15) is 14.4 Å². The summed E-state index contributed by atoms with van der Waals surface area (Å²) >= 11 is 13.9. The summed E-state index contributed by atoms with van der Waals surface area (Å²) in [4.78, 5) is 41.6. The van der Waals surface area contributed by atoms with Gasteiger partial charge in [0.2, 0.25) is 5.91 Å². The van der Waals surface area contributed by atoms with Crippen LogP contribution in [-0.4, -0.2) is 39.9 Å². The molecule has 1 fully saturated rings. The van der Waals surface area contributed by atoms with Crippen molar-refractivity contribution in [1.82, 2.24) is 9.80 Å². The number of rotatable bonds is 6. The smallest absolute Gasteiger partial charge is 0.294 e. The minimum atomic E-state index is -0.519. The molecule has 0 aromatic heterocycles. The lowest BCUT2D eigenvalue weighted by molar-refractivity contribution is -0.136. The van der Waals surface area contributed by atoms with Gasteiger partial charge in [0.1, 0.15) is 13.2 Å². The number of ether oxygens (including phenoxy) is 1. The van der Waals surface area contributed by atoms with Gasteiger partial charge in [-0.3, -0.25) is 19.3 Å². The van der Waals surface area contributed by atoms with Gasteiger partial charge in [0, 0.05) is 13.1 Å². The molecule has 2 aliphatic heterocycles. The number of imide groups is 1. The molecular formula is C32H24Cl2N2O4S. The highest BCUT2D eigenvalue weighted by Gasteiger charge is 2.37. The van der Waals surface area contributed by atoms with Crippen LogP contribution in [-0.2, 0) is 29.2 Å². The van der Waals surface area contributed by atoms with E-state index in [4.69, 9.17) is 27.9 Å². The van der Waals surface area contributed by atoms with E-state index in [-0.39, 0.29) is 34.0 Å². The van der Waals surface area contributed by atoms with Gasteiger partial charge in [-0.05, 0) is 69.4 Å². The van der Waals surface area contributed by atoms with Gasteiger partial charge in [0.05, 0.1) is 15.0 Å². The summed E-state index contributed by atoms with van der Waals surface area (Å²) in [6.07, 6.45) is 2.30. The summed E-state index contributed by atoms with van der Waals surface area (Å²) in [5.41, 5.74) is 3.84. The molecule has 1 saturated heterocycles. The molecule has 2 aliphatic rings. The Kier molecular flexibility index (Phi) is 7.75. The molecule has 4 aromatic rings. The second-order valence-corrected chi connectivity index (χ2v) is 11.7. The molecule has 3 amide bonds. The molecule has 9 heteroatoms. The highest BCUT2D eigenvalue weighted by Crippen LogP contribution is 2.38. The Morgan fingerprint density at radius 1 is 0.927 bits per heavy atom. The lowest BCUT2D eigenvalue weighted by Gasteiger charge is -2.29. The van der Waals surface area contributed by atoms with Crippen LogP contribution in [0.3, 0.4) is 0 Å². The van der Waals surface area contributed by atoms with Gasteiger partial charge >= 0.3 is 0 Å². The summed E-state index contributed by atoms with van der Waals surface area (Å²) in [5, 5.41) is 2.27. The summed E-state index contributed by atoms with van der Waals surface area (Å²) in [6.45, 7) is 0.989. The van der Waals surface area contributed by atoms with Crippen LogP contribution >= 0.6 is 35.0 Å². The van der Waals surface area contributed by atoms with Crippen molar-refractivity contribution in [2.75, 3.05) is 13.1 Å². The predicted molar refractivity (Wildman–Crippen MR) is 163 cm³/mol. The maximum absolute atomic E-state index is 13.1. The standard InChI is InChI=1S/C32H24Cl2N2O4S/c33-26-14-20(15-27(34)30(26)40-19-24-10-5-9-22-7-3-4-11-25(22)24)16-28-31(38)36(32(39)41-28)18-29(37)35-13-12-21-6-1-2-8-23(21)17-35/h1-11,14-16H,12-13,17-19H2/b28-16-. The maximum Gasteiger partial charge on any atom is 0.294 e. The molecule has 0 spiro atoms. The molecule has 0 bridgehead atoms. The molecule has 6 nitrogen and oxygen atoms in total. The highest BCUT2D eigenvalue weighted by atomic mass is 35.5. The van der Waals surface area contributed by atoms with E-state index in [2.05, 4.69) is 6.07 Å². The molecule has 206 valence electrons. The van der Waals surface area contributed by atoms with Crippen molar-refractivity contribution in [1.29, 1.82) is 0 Å². The second-order valence-electron chi connectivity index (χ2n) is 9.84. The summed E-state index contributed by atoms with van der Waals surface area (Å²) < 4.78 is 6.00. The second kappa shape index (κ2) is 11.6. The van der Waals surface area contributed by atoms with Gasteiger partial charge in [-0.25, -0.2) is 0 Å². The Bertz CT molecular complexity index is 1710. The lowest BCUT2D eigenvalue weighted by atomic mass is 10.00. The molecule has 0 atom stereocenters. The quantitative estimate of drug-likeness (QED) is 0.216. The number of thioether (sulfide) groups is 1. The Labute approximate surface area is 251 Å². The van der Waals surface area contributed by atoms with Crippen molar-refractivity contribution >= 4 is 68.9 Å². The van der Waals surface area contributed by atoms with E-state index >= 15 is 0 Å². The minimum Gasteiger partial charge on any atom is -0.486 e. The zero-order valence-electron chi connectivity index (χ0n) is 21.8. The van der Waals surface area contributed by atoms with Crippen LogP contribution in [0, 0.1) is 0 Å². The van der Waals surface area contributed by atoms with Crippen molar-refractivity contribution < 1.29 is 19.1 Å². The van der Waals surface area contributed by atoms with Gasteiger partial charge in [-0.1, -0.05) is 89.9 Å². The Morgan fingerprint density at radius 2 is 1.63 bits per heavy atom. The van der Waals surface area contributed by atoms with Crippen LogP contribution in [0.2, 0.25) is 10.0 Å². The summed E-state index contributed by atoms with van der Waals surface area (Å²) in [6, 6.07) is 25.3. The average Bonchev–Trinajstić information content (AvgIpc) is 3.23. The third-order valence-electron chi connectivity index (χ3n) is 7.22. The van der Waals surface area contributed by atoms with Gasteiger partial charge < -0.3 is 9.64 Å². The van der Waals surface area contributed by atoms with Crippen LogP contribution in [0.15, 0.2) is 83.8 Å². The Hall–Kier alpha value is -3.78. The SMILES string of the molecule is O=C(CN1C(=O)S/C(=C\c2cc(Cl)c(OCc3cccc4ccccc34)c(Cl)c2)C1=O)N1CCc2ccccc2C1. The van der Waals surface area contributed by atoms with Crippen molar-refractivity contribution in [3.8, 4) is 5.75 Å². The molecule has 0 saturated carbocycles. The monoisotopic (exact) mass is 602 g/mol. The van der Waals surface area contributed by atoms with Crippen molar-refractivity contribution in [2.24, 2.45) is 0 Å². The number of nitrogens with zero attached hydrogens (tertiary/aromatic N) is 2. The van der Waals surface area contributed by atoms with Crippen molar-refractivity contribution in [3.05, 3.63) is 116 Å². The van der Waals surface area contributed by atoms with Gasteiger partial charge in [-0.2, -0.15) is 0 Å². The van der Waals surface area contributed by atoms with E-state index in [0.717, 1.165) is 45.0 Å². The van der Waals surface area contributed by atoms with Gasteiger partial charge in [-0.15, -0.1) is 0 Å². The first kappa shape index (κ1) is 27.4. The van der Waals surface area contributed by atoms with Crippen molar-refractivity contribution in [3.63, 3.8) is 0 Å². The Balaban J connectivity index is 1.14. The lowest BCUT2D eigenvalue weighted by Crippen LogP contribution is -2.44. The highest BCUT2D eigenvalue weighted by molar-refractivity contribution is 8.18. The fourth-order valence-corrected chi connectivity index (χ4v) is 6.55. The van der Waals surface area contributed by atoms with E-state index in [1.807, 2.05) is 60.7 Å². The number of amides is 3. The summed E-state index contributed by atoms with van der Waals surface area (Å²) in [5.74, 6) is -0.448. The van der Waals surface area contributed by atoms with Crippen LogP contribution in [0.1, 0.15) is 22.3 Å². The van der Waals surface area contributed by atoms with Crippen LogP contribution in [0.5, 0.6) is 5.75 Å². The molecule has 41 heavy (non-hydrogen) atoms. The van der Waals surface area contributed by atoms with Crippen LogP contribution < -0.4 is 4.74 Å². The van der Waals surface area contributed by atoms with E-state index < -0.39 is 11.1 Å². The number of halogens is 2. The maximum atomic E-state index is 13.1. The zero-order chi connectivity index (χ0) is 28.5. The van der Waals surface area contributed by atoms with Gasteiger partial charge in [0.25, 0.3) is 11.1 Å². The van der Waals surface area contributed by atoms with Gasteiger partial charge in [0.15, 0.2) is 5.75 Å². The molecule has 4 aromatic carbocycles. The van der Waals surface area contributed by atoms with E-state index in [1.54, 1.807) is 23.1 Å². The normalized spacial score (nSPS) is 16.0. The first-order chi connectivity index (χ1) is 19.9. The average molecular weight is 604 g/mol. The van der Waals surface area contributed by atoms with Crippen molar-refractivity contribution in [2.45, 2.75) is 19.6 Å². The number of benzene rings is 4.